The van der Waals surface area contributed by atoms with Gasteiger partial charge in [-0.05, 0) is 50.3 Å². The van der Waals surface area contributed by atoms with E-state index in [0.717, 1.165) is 24.9 Å². The molecular weight excluding hydrogens is 344 g/mol. The van der Waals surface area contributed by atoms with Crippen LogP contribution in [0.2, 0.25) is 0 Å². The third-order valence-electron chi connectivity index (χ3n) is 6.30. The van der Waals surface area contributed by atoms with Gasteiger partial charge in [-0.3, -0.25) is 9.59 Å². The number of carbonyl (C=O) groups excluding carboxylic acids is 2. The molecule has 27 heavy (non-hydrogen) atoms. The number of nitrogens with two attached hydrogens (primary N) is 2. The lowest BCUT2D eigenvalue weighted by Gasteiger charge is -2.57. The van der Waals surface area contributed by atoms with Gasteiger partial charge < -0.3 is 21.7 Å². The Morgan fingerprint density at radius 2 is 1.96 bits per heavy atom. The van der Waals surface area contributed by atoms with Gasteiger partial charge in [-0.1, -0.05) is 26.3 Å². The third-order valence-corrected chi connectivity index (χ3v) is 6.30. The highest BCUT2D eigenvalue weighted by molar-refractivity contribution is 5.96. The fourth-order valence-corrected chi connectivity index (χ4v) is 5.04. The molecule has 0 unspecified atom stereocenters. The summed E-state index contributed by atoms with van der Waals surface area (Å²) in [7, 11) is 0. The Hall–Kier alpha value is -1.92. The molecule has 3 atom stereocenters. The van der Waals surface area contributed by atoms with E-state index in [1.165, 1.54) is 6.07 Å². The number of hydrogen-bond acceptors (Lipinski definition) is 5. The normalized spacial score (nSPS) is 30.1. The van der Waals surface area contributed by atoms with Gasteiger partial charge >= 0.3 is 0 Å². The molecule has 3 rings (SSSR count). The Morgan fingerprint density at radius 1 is 1.33 bits per heavy atom. The van der Waals surface area contributed by atoms with Crippen LogP contribution < -0.4 is 11.5 Å². The van der Waals surface area contributed by atoms with Crippen LogP contribution in [-0.2, 0) is 10.2 Å². The molecule has 2 fully saturated rings. The second kappa shape index (κ2) is 7.98. The number of ketones is 1. The molecule has 150 valence electrons. The number of amides is 1. The number of benzene rings is 1. The highest BCUT2D eigenvalue weighted by Crippen LogP contribution is 2.58. The van der Waals surface area contributed by atoms with Crippen LogP contribution in [0.3, 0.4) is 0 Å². The first-order valence-corrected chi connectivity index (χ1v) is 9.71. The van der Waals surface area contributed by atoms with Crippen LogP contribution in [0.5, 0.6) is 5.75 Å². The van der Waals surface area contributed by atoms with E-state index in [2.05, 4.69) is 0 Å². The first kappa shape index (κ1) is 21.4. The van der Waals surface area contributed by atoms with Gasteiger partial charge in [0.1, 0.15) is 11.5 Å². The number of phenols is 1. The summed E-state index contributed by atoms with van der Waals surface area (Å²) in [6.07, 6.45) is 3.34. The third kappa shape index (κ3) is 3.48. The van der Waals surface area contributed by atoms with Gasteiger partial charge in [0.05, 0.1) is 11.2 Å². The summed E-state index contributed by atoms with van der Waals surface area (Å²) < 4.78 is 0. The average molecular weight is 376 g/mol. The zero-order valence-corrected chi connectivity index (χ0v) is 16.5. The van der Waals surface area contributed by atoms with Gasteiger partial charge in [0, 0.05) is 23.8 Å². The van der Waals surface area contributed by atoms with Crippen LogP contribution in [0.1, 0.15) is 73.9 Å². The minimum Gasteiger partial charge on any atom is -0.507 e. The number of aliphatic hydroxyl groups is 1. The van der Waals surface area contributed by atoms with Crippen molar-refractivity contribution in [3.8, 4) is 5.75 Å². The molecule has 6 N–H and O–H groups in total. The van der Waals surface area contributed by atoms with Gasteiger partial charge in [-0.2, -0.15) is 0 Å². The summed E-state index contributed by atoms with van der Waals surface area (Å²) in [6, 6.07) is 3.24. The van der Waals surface area contributed by atoms with E-state index in [1.807, 2.05) is 20.8 Å². The minimum absolute atomic E-state index is 0.0235. The molecule has 0 heterocycles. The number of carbonyl (C=O) groups is 2. The van der Waals surface area contributed by atoms with Gasteiger partial charge in [-0.15, -0.1) is 0 Å². The summed E-state index contributed by atoms with van der Waals surface area (Å²) in [4.78, 5) is 24.0. The summed E-state index contributed by atoms with van der Waals surface area (Å²) in [5.41, 5.74) is 9.68. The van der Waals surface area contributed by atoms with E-state index in [9.17, 15) is 19.8 Å². The van der Waals surface area contributed by atoms with Crippen molar-refractivity contribution in [2.45, 2.75) is 70.3 Å². The topological polar surface area (TPSA) is 127 Å². The predicted octanol–water partition coefficient (Wildman–Crippen LogP) is 2.31. The van der Waals surface area contributed by atoms with Crippen molar-refractivity contribution in [1.82, 2.24) is 0 Å². The van der Waals surface area contributed by atoms with Gasteiger partial charge in [0.2, 0.25) is 0 Å². The number of fused-ring (bicyclic) bond motifs is 1. The standard InChI is InChI=1S/C19H25NO4.C2H7N/c1-11-5-6-14(17(20)23)16(22)15(11)18-8-3-4-12(2)19(18,24)9-7-13(21)10-18;1-2-3/h5-6,12,22,24H,3-4,7-10H2,1-2H3,(H2,20,23);2-3H2,1H3/t12-,18+,19+;/m0./s1. The monoisotopic (exact) mass is 376 g/mol. The van der Waals surface area contributed by atoms with E-state index in [-0.39, 0.29) is 29.4 Å². The lowest BCUT2D eigenvalue weighted by molar-refractivity contribution is -0.153. The molecule has 6 heteroatoms. The number of aryl methyl sites for hydroxylation is 1. The van der Waals surface area contributed by atoms with Crippen molar-refractivity contribution in [3.05, 3.63) is 28.8 Å². The van der Waals surface area contributed by atoms with Crippen LogP contribution in [0.4, 0.5) is 0 Å². The zero-order valence-electron chi connectivity index (χ0n) is 16.5. The lowest BCUT2D eigenvalue weighted by atomic mass is 9.50. The molecule has 0 aliphatic heterocycles. The van der Waals surface area contributed by atoms with Gasteiger partial charge in [0.15, 0.2) is 0 Å². The SMILES string of the molecule is CCN.Cc1ccc(C(N)=O)c(O)c1[C@]12CCC[C@H](C)[C@]1(O)CCC(=O)C2. The number of hydrogen-bond donors (Lipinski definition) is 4. The van der Waals surface area contributed by atoms with Crippen molar-refractivity contribution in [3.63, 3.8) is 0 Å². The smallest absolute Gasteiger partial charge is 0.252 e. The summed E-state index contributed by atoms with van der Waals surface area (Å²) in [5, 5.41) is 22.4. The molecular formula is C21H32N2O4. The fourth-order valence-electron chi connectivity index (χ4n) is 5.04. The van der Waals surface area contributed by atoms with Crippen molar-refractivity contribution >= 4 is 11.7 Å². The molecule has 2 aliphatic carbocycles. The quantitative estimate of drug-likeness (QED) is 0.630. The fraction of sp³-hybridized carbons (Fsp3) is 0.619. The Balaban J connectivity index is 0.000000817. The molecule has 2 saturated carbocycles. The number of primary amides is 1. The number of rotatable bonds is 2. The molecule has 0 spiro atoms. The van der Waals surface area contributed by atoms with Crippen LogP contribution >= 0.6 is 0 Å². The van der Waals surface area contributed by atoms with E-state index >= 15 is 0 Å². The Bertz CT molecular complexity index is 733. The van der Waals surface area contributed by atoms with Gasteiger partial charge in [0.25, 0.3) is 5.91 Å². The number of aromatic hydroxyl groups is 1. The molecule has 1 aromatic carbocycles. The molecule has 0 aromatic heterocycles. The Morgan fingerprint density at radius 3 is 2.56 bits per heavy atom. The zero-order chi connectivity index (χ0) is 20.4. The van der Waals surface area contributed by atoms with Crippen molar-refractivity contribution in [2.24, 2.45) is 17.4 Å². The van der Waals surface area contributed by atoms with Crippen LogP contribution in [-0.4, -0.2) is 34.0 Å². The highest BCUT2D eigenvalue weighted by Gasteiger charge is 2.60. The van der Waals surface area contributed by atoms with E-state index in [4.69, 9.17) is 11.5 Å². The number of Topliss-reactive ketones (excluding diaryl/α,β-unsaturated/α-hetero) is 1. The highest BCUT2D eigenvalue weighted by atomic mass is 16.3. The van der Waals surface area contributed by atoms with Crippen molar-refractivity contribution in [2.75, 3.05) is 6.54 Å². The summed E-state index contributed by atoms with van der Waals surface area (Å²) in [5.74, 6) is -0.767. The van der Waals surface area contributed by atoms with E-state index in [0.29, 0.717) is 24.8 Å². The molecule has 0 saturated heterocycles. The first-order chi connectivity index (χ1) is 12.6. The Labute approximate surface area is 160 Å². The first-order valence-electron chi connectivity index (χ1n) is 9.71. The lowest BCUT2D eigenvalue weighted by Crippen LogP contribution is -2.61. The van der Waals surface area contributed by atoms with Crippen LogP contribution in [0.15, 0.2) is 12.1 Å². The molecule has 2 aliphatic rings. The van der Waals surface area contributed by atoms with Crippen LogP contribution in [0, 0.1) is 12.8 Å². The maximum absolute atomic E-state index is 12.3. The second-order valence-corrected chi connectivity index (χ2v) is 7.94. The maximum Gasteiger partial charge on any atom is 0.252 e. The predicted molar refractivity (Wildman–Crippen MR) is 105 cm³/mol. The largest absolute Gasteiger partial charge is 0.507 e. The maximum atomic E-state index is 12.3. The Kier molecular flexibility index (Phi) is 6.32. The molecule has 0 radical (unpaired) electrons. The molecule has 0 bridgehead atoms. The molecule has 6 nitrogen and oxygen atoms in total. The van der Waals surface area contributed by atoms with E-state index < -0.39 is 16.9 Å². The van der Waals surface area contributed by atoms with Gasteiger partial charge in [-0.25, -0.2) is 0 Å². The molecule has 1 aromatic rings. The molecule has 1 amide bonds. The second-order valence-electron chi connectivity index (χ2n) is 7.94. The minimum atomic E-state index is -1.06. The van der Waals surface area contributed by atoms with Crippen molar-refractivity contribution in [1.29, 1.82) is 0 Å². The van der Waals surface area contributed by atoms with E-state index in [1.54, 1.807) is 6.07 Å². The summed E-state index contributed by atoms with van der Waals surface area (Å²) >= 11 is 0. The average Bonchev–Trinajstić information content (AvgIpc) is 2.58. The van der Waals surface area contributed by atoms with Crippen LogP contribution in [0.25, 0.3) is 0 Å². The van der Waals surface area contributed by atoms with Crippen molar-refractivity contribution < 1.29 is 19.8 Å². The summed E-state index contributed by atoms with van der Waals surface area (Å²) in [6.45, 7) is 6.50.